The molecule has 0 radical (unpaired) electrons. The van der Waals surface area contributed by atoms with Crippen molar-refractivity contribution in [1.82, 2.24) is 15.2 Å². The first-order valence-corrected chi connectivity index (χ1v) is 8.13. The summed E-state index contributed by atoms with van der Waals surface area (Å²) in [4.78, 5) is 24.0. The summed E-state index contributed by atoms with van der Waals surface area (Å²) in [7, 11) is 1.86. The van der Waals surface area contributed by atoms with Crippen LogP contribution in [0.2, 0.25) is 0 Å². The Hall–Kier alpha value is -1.82. The molecule has 1 saturated carbocycles. The molecule has 2 N–H and O–H groups in total. The molecule has 0 unspecified atom stereocenters. The number of thiophene rings is 1. The molecule has 1 fully saturated rings. The van der Waals surface area contributed by atoms with Gasteiger partial charge in [0.2, 0.25) is 5.91 Å². The van der Waals surface area contributed by atoms with E-state index in [0.717, 1.165) is 23.1 Å². The molecule has 21 heavy (non-hydrogen) atoms. The number of rotatable bonds is 4. The van der Waals surface area contributed by atoms with Crippen LogP contribution in [0.5, 0.6) is 0 Å². The van der Waals surface area contributed by atoms with E-state index in [2.05, 4.69) is 10.6 Å². The third-order valence-corrected chi connectivity index (χ3v) is 4.88. The van der Waals surface area contributed by atoms with E-state index < -0.39 is 0 Å². The number of carbonyl (C=O) groups is 2. The van der Waals surface area contributed by atoms with Gasteiger partial charge in [-0.05, 0) is 30.4 Å². The highest BCUT2D eigenvalue weighted by atomic mass is 32.1. The first-order chi connectivity index (χ1) is 10.1. The Kier molecular flexibility index (Phi) is 3.96. The summed E-state index contributed by atoms with van der Waals surface area (Å²) in [6.07, 6.45) is 4.45. The highest BCUT2D eigenvalue weighted by molar-refractivity contribution is 7.17. The zero-order valence-corrected chi connectivity index (χ0v) is 12.8. The van der Waals surface area contributed by atoms with E-state index in [1.165, 1.54) is 12.8 Å². The largest absolute Gasteiger partial charge is 0.352 e. The van der Waals surface area contributed by atoms with Crippen molar-refractivity contribution in [2.24, 2.45) is 7.05 Å². The van der Waals surface area contributed by atoms with Crippen LogP contribution in [0, 0.1) is 0 Å². The van der Waals surface area contributed by atoms with Crippen molar-refractivity contribution in [1.29, 1.82) is 0 Å². The molecule has 2 heterocycles. The molecule has 0 atom stereocenters. The van der Waals surface area contributed by atoms with E-state index in [1.807, 2.05) is 29.1 Å². The van der Waals surface area contributed by atoms with Gasteiger partial charge in [0, 0.05) is 13.1 Å². The smallest absolute Gasteiger partial charge is 0.268 e. The molecule has 2 aromatic rings. The third-order valence-electron chi connectivity index (χ3n) is 4.03. The molecular formula is C15H19N3O2S. The molecule has 0 aromatic carbocycles. The predicted molar refractivity (Wildman–Crippen MR) is 83.5 cm³/mol. The van der Waals surface area contributed by atoms with E-state index in [9.17, 15) is 9.59 Å². The number of aromatic nitrogens is 1. The minimum Gasteiger partial charge on any atom is -0.352 e. The molecule has 2 aromatic heterocycles. The van der Waals surface area contributed by atoms with Gasteiger partial charge in [0.05, 0.1) is 16.8 Å². The molecule has 0 spiro atoms. The highest BCUT2D eigenvalue weighted by Crippen LogP contribution is 2.24. The van der Waals surface area contributed by atoms with Gasteiger partial charge in [-0.2, -0.15) is 0 Å². The van der Waals surface area contributed by atoms with E-state index >= 15 is 0 Å². The van der Waals surface area contributed by atoms with Crippen LogP contribution >= 0.6 is 11.3 Å². The van der Waals surface area contributed by atoms with Crippen LogP contribution in [0.25, 0.3) is 10.2 Å². The highest BCUT2D eigenvalue weighted by Gasteiger charge is 2.18. The SMILES string of the molecule is Cn1c(C(=O)NCC(=O)NC2CCCC2)cc2sccc21. The summed E-state index contributed by atoms with van der Waals surface area (Å²) >= 11 is 1.61. The van der Waals surface area contributed by atoms with Crippen molar-refractivity contribution >= 4 is 33.4 Å². The lowest BCUT2D eigenvalue weighted by Crippen LogP contribution is -2.41. The van der Waals surface area contributed by atoms with Gasteiger partial charge in [-0.25, -0.2) is 0 Å². The first kappa shape index (κ1) is 14.1. The molecule has 0 aliphatic heterocycles. The fraction of sp³-hybridized carbons (Fsp3) is 0.467. The Morgan fingerprint density at radius 3 is 2.86 bits per heavy atom. The van der Waals surface area contributed by atoms with Crippen LogP contribution in [0.15, 0.2) is 17.5 Å². The Labute approximate surface area is 127 Å². The maximum Gasteiger partial charge on any atom is 0.268 e. The minimum atomic E-state index is -0.206. The second kappa shape index (κ2) is 5.89. The number of amides is 2. The van der Waals surface area contributed by atoms with Gasteiger partial charge in [-0.3, -0.25) is 9.59 Å². The van der Waals surface area contributed by atoms with Gasteiger partial charge in [0.25, 0.3) is 5.91 Å². The van der Waals surface area contributed by atoms with Crippen molar-refractivity contribution in [3.05, 3.63) is 23.2 Å². The van der Waals surface area contributed by atoms with Crippen LogP contribution in [-0.2, 0) is 11.8 Å². The quantitative estimate of drug-likeness (QED) is 0.908. The molecule has 2 amide bonds. The normalized spacial score (nSPS) is 15.5. The zero-order chi connectivity index (χ0) is 14.8. The Morgan fingerprint density at radius 1 is 1.38 bits per heavy atom. The topological polar surface area (TPSA) is 63.1 Å². The van der Waals surface area contributed by atoms with Gasteiger partial charge in [0.1, 0.15) is 5.69 Å². The molecule has 0 bridgehead atoms. The minimum absolute atomic E-state index is 0.0359. The van der Waals surface area contributed by atoms with Crippen molar-refractivity contribution in [3.8, 4) is 0 Å². The second-order valence-corrected chi connectivity index (χ2v) is 6.44. The van der Waals surface area contributed by atoms with Crippen LogP contribution < -0.4 is 10.6 Å². The average molecular weight is 305 g/mol. The van der Waals surface area contributed by atoms with Crippen molar-refractivity contribution in [2.45, 2.75) is 31.7 Å². The Bertz CT molecular complexity index is 668. The van der Waals surface area contributed by atoms with E-state index in [4.69, 9.17) is 0 Å². The lowest BCUT2D eigenvalue weighted by Gasteiger charge is -2.12. The summed E-state index contributed by atoms with van der Waals surface area (Å²) in [6, 6.07) is 4.14. The number of fused-ring (bicyclic) bond motifs is 1. The number of hydrogen-bond acceptors (Lipinski definition) is 3. The molecule has 5 nitrogen and oxygen atoms in total. The predicted octanol–water partition coefficient (Wildman–Crippen LogP) is 2.03. The fourth-order valence-corrected chi connectivity index (χ4v) is 3.72. The average Bonchev–Trinajstić information content (AvgIpc) is 3.16. The lowest BCUT2D eigenvalue weighted by atomic mass is 10.2. The maximum absolute atomic E-state index is 12.2. The standard InChI is InChI=1S/C15H19N3O2S/c1-18-11-6-7-21-13(11)8-12(18)15(20)16-9-14(19)17-10-4-2-3-5-10/h6-8,10H,2-5,9H2,1H3,(H,16,20)(H,17,19). The number of hydrogen-bond donors (Lipinski definition) is 2. The molecule has 3 rings (SSSR count). The second-order valence-electron chi connectivity index (χ2n) is 5.49. The van der Waals surface area contributed by atoms with Crippen molar-refractivity contribution < 1.29 is 9.59 Å². The maximum atomic E-state index is 12.2. The molecule has 112 valence electrons. The molecule has 6 heteroatoms. The van der Waals surface area contributed by atoms with Crippen LogP contribution in [0.4, 0.5) is 0 Å². The summed E-state index contributed by atoms with van der Waals surface area (Å²) in [5, 5.41) is 7.66. The third kappa shape index (κ3) is 2.95. The van der Waals surface area contributed by atoms with Crippen molar-refractivity contribution in [2.75, 3.05) is 6.54 Å². The number of nitrogens with one attached hydrogen (secondary N) is 2. The van der Waals surface area contributed by atoms with Crippen LogP contribution in [0.3, 0.4) is 0 Å². The summed E-state index contributed by atoms with van der Waals surface area (Å²) in [6.45, 7) is 0.0359. The van der Waals surface area contributed by atoms with Gasteiger partial charge in [-0.15, -0.1) is 11.3 Å². The zero-order valence-electron chi connectivity index (χ0n) is 12.0. The van der Waals surface area contributed by atoms with E-state index in [1.54, 1.807) is 11.3 Å². The summed E-state index contributed by atoms with van der Waals surface area (Å²) in [5.41, 5.74) is 1.63. The number of aryl methyl sites for hydroxylation is 1. The number of carbonyl (C=O) groups excluding carboxylic acids is 2. The first-order valence-electron chi connectivity index (χ1n) is 7.25. The number of nitrogens with zero attached hydrogens (tertiary/aromatic N) is 1. The van der Waals surface area contributed by atoms with E-state index in [-0.39, 0.29) is 24.4 Å². The molecule has 0 saturated heterocycles. The van der Waals surface area contributed by atoms with Gasteiger partial charge < -0.3 is 15.2 Å². The molecule has 1 aliphatic rings. The fourth-order valence-electron chi connectivity index (χ4n) is 2.87. The molecular weight excluding hydrogens is 286 g/mol. The van der Waals surface area contributed by atoms with Gasteiger partial charge in [-0.1, -0.05) is 12.8 Å². The van der Waals surface area contributed by atoms with Crippen LogP contribution in [-0.4, -0.2) is 29.0 Å². The Morgan fingerprint density at radius 2 is 2.14 bits per heavy atom. The lowest BCUT2D eigenvalue weighted by molar-refractivity contribution is -0.120. The van der Waals surface area contributed by atoms with Crippen LogP contribution in [0.1, 0.15) is 36.2 Å². The van der Waals surface area contributed by atoms with Gasteiger partial charge in [0.15, 0.2) is 0 Å². The summed E-state index contributed by atoms with van der Waals surface area (Å²) in [5.74, 6) is -0.311. The van der Waals surface area contributed by atoms with E-state index in [0.29, 0.717) is 5.69 Å². The molecule has 1 aliphatic carbocycles. The van der Waals surface area contributed by atoms with Crippen molar-refractivity contribution in [3.63, 3.8) is 0 Å². The summed E-state index contributed by atoms with van der Waals surface area (Å²) < 4.78 is 2.94. The Balaban J connectivity index is 1.57. The van der Waals surface area contributed by atoms with Gasteiger partial charge >= 0.3 is 0 Å². The monoisotopic (exact) mass is 305 g/mol.